The number of furan rings is 1. The average Bonchev–Trinajstić information content (AvgIpc) is 3.17. The molecule has 122 valence electrons. The summed E-state index contributed by atoms with van der Waals surface area (Å²) in [4.78, 5) is 6.77. The number of likely N-dealkylation sites (N-methyl/N-ethyl adjacent to an activating group) is 1. The number of nitrogens with zero attached hydrogens (tertiary/aromatic N) is 4. The van der Waals surface area contributed by atoms with Crippen molar-refractivity contribution in [1.29, 1.82) is 0 Å². The van der Waals surface area contributed by atoms with E-state index in [0.29, 0.717) is 5.92 Å². The summed E-state index contributed by atoms with van der Waals surface area (Å²) in [5.41, 5.74) is 1.91. The first-order valence-electron chi connectivity index (χ1n) is 7.84. The molecule has 0 spiro atoms. The molecule has 0 aliphatic carbocycles. The van der Waals surface area contributed by atoms with Crippen molar-refractivity contribution < 1.29 is 4.42 Å². The van der Waals surface area contributed by atoms with Crippen LogP contribution in [0.5, 0.6) is 0 Å². The minimum Gasteiger partial charge on any atom is -0.468 e. The zero-order valence-electron chi connectivity index (χ0n) is 14.0. The highest BCUT2D eigenvalue weighted by atomic mass is 16.3. The van der Waals surface area contributed by atoms with Crippen LogP contribution < -0.4 is 5.32 Å². The summed E-state index contributed by atoms with van der Waals surface area (Å²) >= 11 is 0. The van der Waals surface area contributed by atoms with E-state index in [-0.39, 0.29) is 6.04 Å². The van der Waals surface area contributed by atoms with Crippen LogP contribution in [0, 0.1) is 0 Å². The average molecular weight is 313 g/mol. The summed E-state index contributed by atoms with van der Waals surface area (Å²) < 4.78 is 7.40. The highest BCUT2D eigenvalue weighted by molar-refractivity contribution is 5.49. The summed E-state index contributed by atoms with van der Waals surface area (Å²) in [5, 5.41) is 7.86. The third kappa shape index (κ3) is 3.22. The van der Waals surface area contributed by atoms with Crippen molar-refractivity contribution in [3.05, 3.63) is 48.2 Å². The van der Waals surface area contributed by atoms with E-state index in [2.05, 4.69) is 40.2 Å². The third-order valence-electron chi connectivity index (χ3n) is 3.94. The molecule has 0 aliphatic heterocycles. The molecule has 0 amide bonds. The second kappa shape index (κ2) is 6.42. The van der Waals surface area contributed by atoms with Gasteiger partial charge in [0.15, 0.2) is 5.65 Å². The second-order valence-corrected chi connectivity index (χ2v) is 6.20. The lowest BCUT2D eigenvalue weighted by molar-refractivity contribution is 0.269. The van der Waals surface area contributed by atoms with Crippen molar-refractivity contribution >= 4 is 11.5 Å². The molecule has 6 heteroatoms. The Morgan fingerprint density at radius 2 is 2.13 bits per heavy atom. The molecule has 0 unspecified atom stereocenters. The minimum absolute atomic E-state index is 0.145. The summed E-state index contributed by atoms with van der Waals surface area (Å²) in [6.45, 7) is 5.01. The molecule has 0 fully saturated rings. The van der Waals surface area contributed by atoms with Crippen molar-refractivity contribution in [3.8, 4) is 0 Å². The first-order chi connectivity index (χ1) is 11.1. The monoisotopic (exact) mass is 313 g/mol. The zero-order valence-corrected chi connectivity index (χ0v) is 14.0. The summed E-state index contributed by atoms with van der Waals surface area (Å²) in [6.07, 6.45) is 3.48. The van der Waals surface area contributed by atoms with Gasteiger partial charge in [-0.25, -0.2) is 4.98 Å². The highest BCUT2D eigenvalue weighted by Gasteiger charge is 2.18. The number of nitrogens with one attached hydrogen (secondary N) is 1. The smallest absolute Gasteiger partial charge is 0.157 e. The molecule has 3 rings (SSSR count). The lowest BCUT2D eigenvalue weighted by Crippen LogP contribution is -2.27. The molecule has 0 aromatic carbocycles. The topological polar surface area (TPSA) is 58.6 Å². The molecule has 6 nitrogen and oxygen atoms in total. The van der Waals surface area contributed by atoms with Gasteiger partial charge in [-0.3, -0.25) is 4.90 Å². The van der Waals surface area contributed by atoms with Gasteiger partial charge in [-0.05, 0) is 32.1 Å². The molecule has 1 N–H and O–H groups in total. The quantitative estimate of drug-likeness (QED) is 0.757. The maximum absolute atomic E-state index is 5.56. The Morgan fingerprint density at radius 1 is 1.30 bits per heavy atom. The standard InChI is InChI=1S/C17H23N5O/c1-12(2)13-10-17(22-16(20-13)7-8-19-22)18-11-14(21(3)4)15-6-5-9-23-15/h5-10,12,14,18H,11H2,1-4H3/t14-/m0/s1. The van der Waals surface area contributed by atoms with E-state index in [9.17, 15) is 0 Å². The van der Waals surface area contributed by atoms with Gasteiger partial charge < -0.3 is 9.73 Å². The van der Waals surface area contributed by atoms with E-state index in [1.54, 1.807) is 12.5 Å². The fourth-order valence-corrected chi connectivity index (χ4v) is 2.57. The molecule has 3 aromatic heterocycles. The number of rotatable bonds is 6. The Bertz CT molecular complexity index is 760. The molecular formula is C17H23N5O. The molecule has 0 aliphatic rings. The van der Waals surface area contributed by atoms with Crippen LogP contribution in [0.2, 0.25) is 0 Å². The van der Waals surface area contributed by atoms with Crippen molar-refractivity contribution in [3.63, 3.8) is 0 Å². The van der Waals surface area contributed by atoms with Crippen LogP contribution in [0.4, 0.5) is 5.82 Å². The molecule has 23 heavy (non-hydrogen) atoms. The second-order valence-electron chi connectivity index (χ2n) is 6.20. The molecule has 0 bridgehead atoms. The van der Waals surface area contributed by atoms with E-state index in [1.807, 2.05) is 36.8 Å². The number of anilines is 1. The molecule has 0 saturated heterocycles. The first kappa shape index (κ1) is 15.6. The number of hydrogen-bond donors (Lipinski definition) is 1. The van der Waals surface area contributed by atoms with Gasteiger partial charge in [0, 0.05) is 24.4 Å². The maximum atomic E-state index is 5.56. The third-order valence-corrected chi connectivity index (χ3v) is 3.94. The Kier molecular flexibility index (Phi) is 4.34. The number of hydrogen-bond acceptors (Lipinski definition) is 5. The van der Waals surface area contributed by atoms with E-state index in [0.717, 1.165) is 29.5 Å². The summed E-state index contributed by atoms with van der Waals surface area (Å²) in [7, 11) is 4.09. The molecule has 0 saturated carbocycles. The van der Waals surface area contributed by atoms with Crippen molar-refractivity contribution in [2.45, 2.75) is 25.8 Å². The normalized spacial score (nSPS) is 13.1. The van der Waals surface area contributed by atoms with Gasteiger partial charge in [-0.2, -0.15) is 9.61 Å². The zero-order chi connectivity index (χ0) is 16.4. The predicted octanol–water partition coefficient (Wildman–Crippen LogP) is 3.16. The van der Waals surface area contributed by atoms with Crippen molar-refractivity contribution in [2.24, 2.45) is 0 Å². The van der Waals surface area contributed by atoms with E-state index >= 15 is 0 Å². The largest absolute Gasteiger partial charge is 0.468 e. The highest BCUT2D eigenvalue weighted by Crippen LogP contribution is 2.22. The van der Waals surface area contributed by atoms with Gasteiger partial charge in [0.1, 0.15) is 11.6 Å². The van der Waals surface area contributed by atoms with Crippen LogP contribution in [-0.2, 0) is 0 Å². The van der Waals surface area contributed by atoms with Crippen LogP contribution in [0.1, 0.15) is 37.3 Å². The number of aromatic nitrogens is 3. The van der Waals surface area contributed by atoms with Crippen LogP contribution in [0.15, 0.2) is 41.1 Å². The first-order valence-corrected chi connectivity index (χ1v) is 7.84. The van der Waals surface area contributed by atoms with Crippen LogP contribution >= 0.6 is 0 Å². The van der Waals surface area contributed by atoms with E-state index in [1.165, 1.54) is 0 Å². The summed E-state index contributed by atoms with van der Waals surface area (Å²) in [5.74, 6) is 2.25. The molecule has 1 atom stereocenters. The van der Waals surface area contributed by atoms with E-state index < -0.39 is 0 Å². The predicted molar refractivity (Wildman–Crippen MR) is 90.7 cm³/mol. The van der Waals surface area contributed by atoms with Crippen LogP contribution in [-0.4, -0.2) is 40.1 Å². The van der Waals surface area contributed by atoms with Gasteiger partial charge in [0.05, 0.1) is 18.5 Å². The Morgan fingerprint density at radius 3 is 2.78 bits per heavy atom. The van der Waals surface area contributed by atoms with Crippen molar-refractivity contribution in [2.75, 3.05) is 26.0 Å². The lowest BCUT2D eigenvalue weighted by Gasteiger charge is -2.23. The van der Waals surface area contributed by atoms with Gasteiger partial charge in [0.2, 0.25) is 0 Å². The van der Waals surface area contributed by atoms with Crippen LogP contribution in [0.3, 0.4) is 0 Å². The molecular weight excluding hydrogens is 290 g/mol. The fraction of sp³-hybridized carbons (Fsp3) is 0.412. The Hall–Kier alpha value is -2.34. The fourth-order valence-electron chi connectivity index (χ4n) is 2.57. The van der Waals surface area contributed by atoms with Gasteiger partial charge in [-0.1, -0.05) is 13.8 Å². The Balaban J connectivity index is 1.87. The maximum Gasteiger partial charge on any atom is 0.157 e. The minimum atomic E-state index is 0.145. The lowest BCUT2D eigenvalue weighted by atomic mass is 10.1. The summed E-state index contributed by atoms with van der Waals surface area (Å²) in [6, 6.07) is 8.06. The SMILES string of the molecule is CC(C)c1cc(NC[C@@H](c2ccco2)N(C)C)n2nccc2n1. The van der Waals surface area contributed by atoms with E-state index in [4.69, 9.17) is 4.42 Å². The van der Waals surface area contributed by atoms with Gasteiger partial charge in [0.25, 0.3) is 0 Å². The number of fused-ring (bicyclic) bond motifs is 1. The van der Waals surface area contributed by atoms with Gasteiger partial charge in [-0.15, -0.1) is 0 Å². The molecule has 0 radical (unpaired) electrons. The molecule has 3 heterocycles. The molecule has 3 aromatic rings. The Labute approximate surface area is 136 Å². The van der Waals surface area contributed by atoms with Crippen LogP contribution in [0.25, 0.3) is 5.65 Å². The van der Waals surface area contributed by atoms with Crippen molar-refractivity contribution in [1.82, 2.24) is 19.5 Å². The van der Waals surface area contributed by atoms with Gasteiger partial charge >= 0.3 is 0 Å².